The molecule has 2 aliphatic rings. The van der Waals surface area contributed by atoms with Crippen molar-refractivity contribution < 1.29 is 14.1 Å². The first-order valence-electron chi connectivity index (χ1n) is 8.45. The Labute approximate surface area is 136 Å². The fourth-order valence-corrected chi connectivity index (χ4v) is 3.38. The van der Waals surface area contributed by atoms with Gasteiger partial charge in [0.05, 0.1) is 6.54 Å². The molecule has 2 amide bonds. The third-order valence-corrected chi connectivity index (χ3v) is 4.80. The molecule has 2 aliphatic heterocycles. The SMILES string of the molecule is CN(Cc1ccon1)C(=O)NC1CCN(C2CCOCC2)CC1. The molecule has 1 N–H and O–H groups in total. The Hall–Kier alpha value is -1.60. The molecule has 0 saturated carbocycles. The lowest BCUT2D eigenvalue weighted by molar-refractivity contribution is 0.0242. The number of nitrogens with one attached hydrogen (secondary N) is 1. The maximum absolute atomic E-state index is 12.2. The molecular formula is C16H26N4O3. The minimum absolute atomic E-state index is 0.0440. The first-order valence-corrected chi connectivity index (χ1v) is 8.45. The van der Waals surface area contributed by atoms with Crippen molar-refractivity contribution >= 4 is 6.03 Å². The normalized spacial score (nSPS) is 21.3. The maximum Gasteiger partial charge on any atom is 0.317 e. The van der Waals surface area contributed by atoms with E-state index in [4.69, 9.17) is 9.26 Å². The molecule has 1 aromatic rings. The topological polar surface area (TPSA) is 70.8 Å². The Bertz CT molecular complexity index is 480. The van der Waals surface area contributed by atoms with Crippen LogP contribution < -0.4 is 5.32 Å². The average Bonchev–Trinajstić information content (AvgIpc) is 3.09. The molecular weight excluding hydrogens is 296 g/mol. The molecule has 7 nitrogen and oxygen atoms in total. The summed E-state index contributed by atoms with van der Waals surface area (Å²) in [6.07, 6.45) is 5.82. The average molecular weight is 322 g/mol. The number of rotatable bonds is 4. The van der Waals surface area contributed by atoms with Crippen LogP contribution >= 0.6 is 0 Å². The van der Waals surface area contributed by atoms with Crippen LogP contribution in [-0.2, 0) is 11.3 Å². The fraction of sp³-hybridized carbons (Fsp3) is 0.750. The number of aromatic nitrogens is 1. The third-order valence-electron chi connectivity index (χ3n) is 4.80. The van der Waals surface area contributed by atoms with Crippen molar-refractivity contribution in [2.45, 2.75) is 44.3 Å². The predicted molar refractivity (Wildman–Crippen MR) is 84.9 cm³/mol. The number of hydrogen-bond acceptors (Lipinski definition) is 5. The predicted octanol–water partition coefficient (Wildman–Crippen LogP) is 1.46. The Kier molecular flexibility index (Phi) is 5.51. The van der Waals surface area contributed by atoms with Crippen LogP contribution in [0.4, 0.5) is 4.79 Å². The first-order chi connectivity index (χ1) is 11.2. The molecule has 1 aromatic heterocycles. The van der Waals surface area contributed by atoms with E-state index in [1.54, 1.807) is 18.0 Å². The van der Waals surface area contributed by atoms with Gasteiger partial charge in [0.2, 0.25) is 0 Å². The number of nitrogens with zero attached hydrogens (tertiary/aromatic N) is 3. The zero-order valence-corrected chi connectivity index (χ0v) is 13.7. The molecule has 0 bridgehead atoms. The van der Waals surface area contributed by atoms with Crippen molar-refractivity contribution in [3.8, 4) is 0 Å². The highest BCUT2D eigenvalue weighted by Crippen LogP contribution is 2.20. The van der Waals surface area contributed by atoms with Gasteiger partial charge in [-0.15, -0.1) is 0 Å². The van der Waals surface area contributed by atoms with Gasteiger partial charge < -0.3 is 24.4 Å². The van der Waals surface area contributed by atoms with E-state index in [2.05, 4.69) is 15.4 Å². The minimum atomic E-state index is -0.0440. The maximum atomic E-state index is 12.2. The van der Waals surface area contributed by atoms with E-state index in [1.807, 2.05) is 0 Å². The summed E-state index contributed by atoms with van der Waals surface area (Å²) in [6, 6.07) is 2.65. The van der Waals surface area contributed by atoms with Gasteiger partial charge in [-0.25, -0.2) is 4.79 Å². The lowest BCUT2D eigenvalue weighted by Crippen LogP contribution is -2.51. The monoisotopic (exact) mass is 322 g/mol. The third kappa shape index (κ3) is 4.45. The zero-order chi connectivity index (χ0) is 16.1. The number of amides is 2. The summed E-state index contributed by atoms with van der Waals surface area (Å²) in [7, 11) is 1.78. The summed E-state index contributed by atoms with van der Waals surface area (Å²) in [5.41, 5.74) is 0.761. The number of carbonyl (C=O) groups is 1. The van der Waals surface area contributed by atoms with Crippen molar-refractivity contribution in [1.82, 2.24) is 20.3 Å². The number of piperidine rings is 1. The van der Waals surface area contributed by atoms with E-state index in [1.165, 1.54) is 6.26 Å². The molecule has 23 heavy (non-hydrogen) atoms. The van der Waals surface area contributed by atoms with Crippen LogP contribution in [0.25, 0.3) is 0 Å². The van der Waals surface area contributed by atoms with Gasteiger partial charge in [-0.2, -0.15) is 0 Å². The van der Waals surface area contributed by atoms with Crippen LogP contribution in [0.1, 0.15) is 31.4 Å². The van der Waals surface area contributed by atoms with E-state index in [-0.39, 0.29) is 12.1 Å². The van der Waals surface area contributed by atoms with Crippen LogP contribution in [-0.4, -0.2) is 66.4 Å². The lowest BCUT2D eigenvalue weighted by Gasteiger charge is -2.39. The second kappa shape index (κ2) is 7.79. The standard InChI is InChI=1S/C16H26N4O3/c1-19(12-14-4-11-23-18-14)16(21)17-13-2-7-20(8-3-13)15-5-9-22-10-6-15/h4,11,13,15H,2-3,5-10,12H2,1H3,(H,17,21). The van der Waals surface area contributed by atoms with Gasteiger partial charge >= 0.3 is 6.03 Å². The van der Waals surface area contributed by atoms with E-state index in [0.29, 0.717) is 12.6 Å². The highest BCUT2D eigenvalue weighted by Gasteiger charge is 2.27. The molecule has 3 rings (SSSR count). The molecule has 0 aromatic carbocycles. The zero-order valence-electron chi connectivity index (χ0n) is 13.7. The minimum Gasteiger partial charge on any atom is -0.381 e. The largest absolute Gasteiger partial charge is 0.381 e. The number of urea groups is 1. The van der Waals surface area contributed by atoms with Crippen molar-refractivity contribution in [3.63, 3.8) is 0 Å². The highest BCUT2D eigenvalue weighted by molar-refractivity contribution is 5.74. The highest BCUT2D eigenvalue weighted by atomic mass is 16.5. The summed E-state index contributed by atoms with van der Waals surface area (Å²) in [4.78, 5) is 16.4. The van der Waals surface area contributed by atoms with Gasteiger partial charge in [0, 0.05) is 51.5 Å². The molecule has 128 valence electrons. The first kappa shape index (κ1) is 16.3. The van der Waals surface area contributed by atoms with E-state index in [0.717, 1.165) is 57.7 Å². The molecule has 2 fully saturated rings. The molecule has 0 spiro atoms. The van der Waals surface area contributed by atoms with Crippen molar-refractivity contribution in [2.75, 3.05) is 33.4 Å². The lowest BCUT2D eigenvalue weighted by atomic mass is 10.00. The summed E-state index contributed by atoms with van der Waals surface area (Å²) in [5, 5.41) is 6.97. The molecule has 0 aliphatic carbocycles. The smallest absolute Gasteiger partial charge is 0.317 e. The Morgan fingerprint density at radius 1 is 1.35 bits per heavy atom. The Balaban J connectivity index is 1.40. The van der Waals surface area contributed by atoms with Crippen LogP contribution in [0, 0.1) is 0 Å². The van der Waals surface area contributed by atoms with Gasteiger partial charge in [0.1, 0.15) is 12.0 Å². The van der Waals surface area contributed by atoms with Crippen molar-refractivity contribution in [2.24, 2.45) is 0 Å². The van der Waals surface area contributed by atoms with E-state index in [9.17, 15) is 4.79 Å². The van der Waals surface area contributed by atoms with Crippen LogP contribution in [0.15, 0.2) is 16.9 Å². The molecule has 3 heterocycles. The molecule has 2 saturated heterocycles. The Morgan fingerprint density at radius 3 is 2.74 bits per heavy atom. The van der Waals surface area contributed by atoms with Gasteiger partial charge in [-0.1, -0.05) is 5.16 Å². The van der Waals surface area contributed by atoms with Crippen LogP contribution in [0.3, 0.4) is 0 Å². The number of ether oxygens (including phenoxy) is 1. The molecule has 0 radical (unpaired) electrons. The quantitative estimate of drug-likeness (QED) is 0.909. The summed E-state index contributed by atoms with van der Waals surface area (Å²) in [6.45, 7) is 4.34. The van der Waals surface area contributed by atoms with E-state index >= 15 is 0 Å². The van der Waals surface area contributed by atoms with Crippen LogP contribution in [0.2, 0.25) is 0 Å². The van der Waals surface area contributed by atoms with Gasteiger partial charge in [0.25, 0.3) is 0 Å². The molecule has 0 atom stereocenters. The van der Waals surface area contributed by atoms with Crippen molar-refractivity contribution in [1.29, 1.82) is 0 Å². The Morgan fingerprint density at radius 2 is 2.09 bits per heavy atom. The summed E-state index contributed by atoms with van der Waals surface area (Å²) in [5.74, 6) is 0. The number of likely N-dealkylation sites (tertiary alicyclic amines) is 1. The van der Waals surface area contributed by atoms with Gasteiger partial charge in [0.15, 0.2) is 0 Å². The molecule has 0 unspecified atom stereocenters. The summed E-state index contributed by atoms with van der Waals surface area (Å²) >= 11 is 0. The van der Waals surface area contributed by atoms with Gasteiger partial charge in [-0.05, 0) is 25.7 Å². The number of carbonyl (C=O) groups excluding carboxylic acids is 1. The second-order valence-corrected chi connectivity index (χ2v) is 6.45. The molecule has 7 heteroatoms. The second-order valence-electron chi connectivity index (χ2n) is 6.45. The van der Waals surface area contributed by atoms with Gasteiger partial charge in [-0.3, -0.25) is 0 Å². The summed E-state index contributed by atoms with van der Waals surface area (Å²) < 4.78 is 10.2. The van der Waals surface area contributed by atoms with E-state index < -0.39 is 0 Å². The van der Waals surface area contributed by atoms with Crippen molar-refractivity contribution in [3.05, 3.63) is 18.0 Å². The van der Waals surface area contributed by atoms with Crippen LogP contribution in [0.5, 0.6) is 0 Å². The fourth-order valence-electron chi connectivity index (χ4n) is 3.38. The number of hydrogen-bond donors (Lipinski definition) is 1.